The van der Waals surface area contributed by atoms with E-state index in [0.29, 0.717) is 17.4 Å². The fraction of sp³-hybridized carbons (Fsp3) is 0.722. The van der Waals surface area contributed by atoms with E-state index in [1.807, 2.05) is 6.07 Å². The predicted octanol–water partition coefficient (Wildman–Crippen LogP) is 3.51. The maximum absolute atomic E-state index is 12.4. The van der Waals surface area contributed by atoms with Crippen molar-refractivity contribution in [2.45, 2.75) is 46.6 Å². The zero-order valence-electron chi connectivity index (χ0n) is 14.0. The maximum atomic E-state index is 12.4. The minimum Gasteiger partial charge on any atom is -0.351 e. The Hall–Kier alpha value is -0.870. The summed E-state index contributed by atoms with van der Waals surface area (Å²) >= 11 is 1.71. The molecule has 0 aromatic carbocycles. The van der Waals surface area contributed by atoms with Crippen LogP contribution in [-0.2, 0) is 11.3 Å². The molecule has 1 amide bonds. The molecule has 1 spiro atoms. The lowest BCUT2D eigenvalue weighted by molar-refractivity contribution is -0.123. The molecule has 0 radical (unpaired) electrons. The molecule has 4 heteroatoms. The Morgan fingerprint density at radius 1 is 1.41 bits per heavy atom. The largest absolute Gasteiger partial charge is 0.351 e. The van der Waals surface area contributed by atoms with Gasteiger partial charge in [-0.2, -0.15) is 0 Å². The van der Waals surface area contributed by atoms with Gasteiger partial charge in [-0.1, -0.05) is 26.8 Å². The van der Waals surface area contributed by atoms with Crippen LogP contribution in [0.15, 0.2) is 17.5 Å². The molecule has 2 fully saturated rings. The van der Waals surface area contributed by atoms with Crippen LogP contribution in [0.1, 0.15) is 44.9 Å². The molecule has 0 unspecified atom stereocenters. The van der Waals surface area contributed by atoms with Gasteiger partial charge in [-0.25, -0.2) is 0 Å². The maximum Gasteiger partial charge on any atom is 0.223 e. The van der Waals surface area contributed by atoms with Crippen molar-refractivity contribution in [3.8, 4) is 0 Å². The predicted molar refractivity (Wildman–Crippen MR) is 91.8 cm³/mol. The van der Waals surface area contributed by atoms with Gasteiger partial charge in [0.25, 0.3) is 0 Å². The standard InChI is InChI=1S/C18H28N2OS/c1-17(2,3)13-20-8-6-18(7-9-20)11-15(18)16(21)19-12-14-5-4-10-22-14/h4-5,10,15H,6-9,11-13H2,1-3H3,(H,19,21)/t15-/m0/s1. The van der Waals surface area contributed by atoms with E-state index in [0.717, 1.165) is 19.5 Å². The molecule has 3 nitrogen and oxygen atoms in total. The van der Waals surface area contributed by atoms with Crippen LogP contribution >= 0.6 is 11.3 Å². The second kappa shape index (κ2) is 5.97. The Kier molecular flexibility index (Phi) is 4.34. The van der Waals surface area contributed by atoms with Crippen molar-refractivity contribution in [2.75, 3.05) is 19.6 Å². The molecule has 3 rings (SSSR count). The van der Waals surface area contributed by atoms with E-state index in [9.17, 15) is 4.79 Å². The second-order valence-electron chi connectivity index (χ2n) is 8.25. The van der Waals surface area contributed by atoms with E-state index in [1.165, 1.54) is 24.3 Å². The molecular formula is C18H28N2OS. The third-order valence-electron chi connectivity index (χ3n) is 5.07. The van der Waals surface area contributed by atoms with E-state index < -0.39 is 0 Å². The fourth-order valence-corrected chi connectivity index (χ4v) is 4.45. The minimum atomic E-state index is 0.268. The Labute approximate surface area is 138 Å². The van der Waals surface area contributed by atoms with Crippen LogP contribution < -0.4 is 5.32 Å². The smallest absolute Gasteiger partial charge is 0.223 e. The number of thiophene rings is 1. The first-order valence-corrected chi connectivity index (χ1v) is 9.28. The van der Waals surface area contributed by atoms with Crippen LogP contribution in [0.25, 0.3) is 0 Å². The topological polar surface area (TPSA) is 32.3 Å². The van der Waals surface area contributed by atoms with Crippen LogP contribution in [0, 0.1) is 16.7 Å². The number of amides is 1. The first-order chi connectivity index (χ1) is 10.4. The van der Waals surface area contributed by atoms with E-state index >= 15 is 0 Å². The average molecular weight is 321 g/mol. The molecule has 1 aliphatic carbocycles. The van der Waals surface area contributed by atoms with Crippen molar-refractivity contribution in [3.63, 3.8) is 0 Å². The van der Waals surface area contributed by atoms with E-state index in [4.69, 9.17) is 0 Å². The molecule has 1 saturated heterocycles. The summed E-state index contributed by atoms with van der Waals surface area (Å²) in [6, 6.07) is 4.12. The number of hydrogen-bond donors (Lipinski definition) is 1. The number of hydrogen-bond acceptors (Lipinski definition) is 3. The molecule has 1 saturated carbocycles. The summed E-state index contributed by atoms with van der Waals surface area (Å²) < 4.78 is 0. The molecule has 2 aliphatic rings. The lowest BCUT2D eigenvalue weighted by Gasteiger charge is -2.36. The quantitative estimate of drug-likeness (QED) is 0.921. The van der Waals surface area contributed by atoms with Crippen molar-refractivity contribution < 1.29 is 4.79 Å². The van der Waals surface area contributed by atoms with Gasteiger partial charge in [0, 0.05) is 17.3 Å². The van der Waals surface area contributed by atoms with Gasteiger partial charge in [-0.05, 0) is 54.6 Å². The third kappa shape index (κ3) is 3.72. The highest BCUT2D eigenvalue weighted by atomic mass is 32.1. The monoisotopic (exact) mass is 320 g/mol. The Balaban J connectivity index is 1.44. The molecular weight excluding hydrogens is 292 g/mol. The van der Waals surface area contributed by atoms with Gasteiger partial charge in [-0.3, -0.25) is 4.79 Å². The highest BCUT2D eigenvalue weighted by molar-refractivity contribution is 7.09. The van der Waals surface area contributed by atoms with Crippen LogP contribution in [0.4, 0.5) is 0 Å². The molecule has 2 heterocycles. The van der Waals surface area contributed by atoms with Crippen molar-refractivity contribution in [1.82, 2.24) is 10.2 Å². The normalized spacial score (nSPS) is 24.4. The molecule has 1 N–H and O–H groups in total. The number of nitrogens with one attached hydrogen (secondary N) is 1. The van der Waals surface area contributed by atoms with Gasteiger partial charge in [0.15, 0.2) is 0 Å². The van der Waals surface area contributed by atoms with Crippen molar-refractivity contribution >= 4 is 17.2 Å². The summed E-state index contributed by atoms with van der Waals surface area (Å²) in [6.07, 6.45) is 3.49. The zero-order chi connectivity index (χ0) is 15.8. The van der Waals surface area contributed by atoms with Crippen LogP contribution in [0.3, 0.4) is 0 Å². The number of carbonyl (C=O) groups excluding carboxylic acids is 1. The van der Waals surface area contributed by atoms with Gasteiger partial charge >= 0.3 is 0 Å². The van der Waals surface area contributed by atoms with Gasteiger partial charge in [-0.15, -0.1) is 11.3 Å². The Morgan fingerprint density at radius 2 is 2.14 bits per heavy atom. The van der Waals surface area contributed by atoms with Crippen molar-refractivity contribution in [3.05, 3.63) is 22.4 Å². The molecule has 122 valence electrons. The zero-order valence-corrected chi connectivity index (χ0v) is 14.8. The third-order valence-corrected chi connectivity index (χ3v) is 5.95. The number of likely N-dealkylation sites (tertiary alicyclic amines) is 1. The van der Waals surface area contributed by atoms with Gasteiger partial charge < -0.3 is 10.2 Å². The highest BCUT2D eigenvalue weighted by Gasteiger charge is 2.58. The van der Waals surface area contributed by atoms with E-state index in [-0.39, 0.29) is 11.8 Å². The van der Waals surface area contributed by atoms with E-state index in [2.05, 4.69) is 42.4 Å². The molecule has 22 heavy (non-hydrogen) atoms. The molecule has 1 aromatic heterocycles. The van der Waals surface area contributed by atoms with Crippen molar-refractivity contribution in [2.24, 2.45) is 16.7 Å². The van der Waals surface area contributed by atoms with Crippen LogP contribution in [0.2, 0.25) is 0 Å². The summed E-state index contributed by atoms with van der Waals surface area (Å²) in [5.41, 5.74) is 0.694. The molecule has 1 atom stereocenters. The van der Waals surface area contributed by atoms with Gasteiger partial charge in [0.2, 0.25) is 5.91 Å². The molecule has 0 bridgehead atoms. The number of nitrogens with zero attached hydrogens (tertiary/aromatic N) is 1. The number of rotatable bonds is 4. The Bertz CT molecular complexity index is 510. The average Bonchev–Trinajstić information content (AvgIpc) is 2.90. The fourth-order valence-electron chi connectivity index (χ4n) is 3.81. The SMILES string of the molecule is CC(C)(C)CN1CCC2(CC1)C[C@H]2C(=O)NCc1cccs1. The number of piperidine rings is 1. The summed E-state index contributed by atoms with van der Waals surface area (Å²) in [5, 5.41) is 5.19. The van der Waals surface area contributed by atoms with Crippen molar-refractivity contribution in [1.29, 1.82) is 0 Å². The molecule has 1 aromatic rings. The minimum absolute atomic E-state index is 0.268. The summed E-state index contributed by atoms with van der Waals surface area (Å²) in [7, 11) is 0. The highest BCUT2D eigenvalue weighted by Crippen LogP contribution is 2.59. The van der Waals surface area contributed by atoms with Gasteiger partial charge in [0.1, 0.15) is 0 Å². The van der Waals surface area contributed by atoms with Crippen LogP contribution in [0.5, 0.6) is 0 Å². The second-order valence-corrected chi connectivity index (χ2v) is 9.29. The first kappa shape index (κ1) is 16.0. The number of carbonyl (C=O) groups is 1. The first-order valence-electron chi connectivity index (χ1n) is 8.40. The lowest BCUT2D eigenvalue weighted by atomic mass is 9.88. The summed E-state index contributed by atoms with van der Waals surface area (Å²) in [5.74, 6) is 0.543. The van der Waals surface area contributed by atoms with Gasteiger partial charge in [0.05, 0.1) is 6.54 Å². The lowest BCUT2D eigenvalue weighted by Crippen LogP contribution is -2.41. The van der Waals surface area contributed by atoms with Crippen LogP contribution in [-0.4, -0.2) is 30.4 Å². The summed E-state index contributed by atoms with van der Waals surface area (Å²) in [4.78, 5) is 16.2. The summed E-state index contributed by atoms with van der Waals surface area (Å²) in [6.45, 7) is 11.1. The van der Waals surface area contributed by atoms with E-state index in [1.54, 1.807) is 11.3 Å². The Morgan fingerprint density at radius 3 is 2.73 bits per heavy atom. The molecule has 1 aliphatic heterocycles.